The van der Waals surface area contributed by atoms with Gasteiger partial charge in [-0.3, -0.25) is 0 Å². The number of nitrogens with two attached hydrogens (primary N) is 1. The maximum absolute atomic E-state index is 12.9. The lowest BCUT2D eigenvalue weighted by Crippen LogP contribution is -2.21. The molecule has 0 aliphatic carbocycles. The summed E-state index contributed by atoms with van der Waals surface area (Å²) in [6.45, 7) is 0.570. The van der Waals surface area contributed by atoms with Crippen molar-refractivity contribution < 1.29 is 13.9 Å². The van der Waals surface area contributed by atoms with Crippen molar-refractivity contribution in [2.75, 3.05) is 6.79 Å². The second-order valence-electron chi connectivity index (χ2n) is 3.45. The Kier molecular flexibility index (Phi) is 3.13. The molecule has 4 N–H and O–H groups in total. The summed E-state index contributed by atoms with van der Waals surface area (Å²) in [7, 11) is 0. The summed E-state index contributed by atoms with van der Waals surface area (Å²) in [5.41, 5.74) is 6.26. The lowest BCUT2D eigenvalue weighted by Gasteiger charge is -2.07. The number of nitrogens with one attached hydrogen (secondary N) is 2. The molecular weight excluding hydrogens is 225 g/mol. The van der Waals surface area contributed by atoms with Crippen molar-refractivity contribution in [3.8, 4) is 11.5 Å². The van der Waals surface area contributed by atoms with E-state index in [0.29, 0.717) is 24.3 Å². The molecule has 5 nitrogen and oxygen atoms in total. The number of fused-ring (bicyclic) bond motifs is 1. The first kappa shape index (κ1) is 11.3. The highest BCUT2D eigenvalue weighted by Gasteiger charge is 2.13. The molecule has 2 rings (SSSR count). The van der Waals surface area contributed by atoms with Crippen LogP contribution < -0.4 is 20.5 Å². The topological polar surface area (TPSA) is 80.4 Å². The molecule has 6 heteroatoms. The lowest BCUT2D eigenvalue weighted by atomic mass is 10.2. The minimum Gasteiger partial charge on any atom is -0.454 e. The Morgan fingerprint density at radius 2 is 2.24 bits per heavy atom. The van der Waals surface area contributed by atoms with Crippen LogP contribution in [0.1, 0.15) is 5.56 Å². The minimum absolute atomic E-state index is 0.155. The van der Waals surface area contributed by atoms with Crippen molar-refractivity contribution in [2.24, 2.45) is 5.73 Å². The van der Waals surface area contributed by atoms with Crippen LogP contribution in [0.3, 0.4) is 0 Å². The Balaban J connectivity index is 2.03. The Bertz CT molecular complexity index is 474. The SMILES string of the molecule is N=C/C(F)=C(\N)NCc1ccc2c(c1)OCO2. The molecular formula is C11H12FN3O2. The summed E-state index contributed by atoms with van der Waals surface area (Å²) in [5, 5.41) is 9.38. The van der Waals surface area contributed by atoms with Crippen LogP contribution in [0.4, 0.5) is 4.39 Å². The fraction of sp³-hybridized carbons (Fsp3) is 0.182. The maximum atomic E-state index is 12.9. The van der Waals surface area contributed by atoms with E-state index in [1.54, 1.807) is 12.1 Å². The number of allylic oxidation sites excluding steroid dienone is 1. The van der Waals surface area contributed by atoms with Gasteiger partial charge < -0.3 is 25.9 Å². The van der Waals surface area contributed by atoms with Crippen molar-refractivity contribution >= 4 is 6.21 Å². The molecule has 1 aromatic rings. The molecule has 1 heterocycles. The van der Waals surface area contributed by atoms with Gasteiger partial charge in [-0.2, -0.15) is 0 Å². The second-order valence-corrected chi connectivity index (χ2v) is 3.45. The number of hydrogen-bond donors (Lipinski definition) is 3. The van der Waals surface area contributed by atoms with Crippen LogP contribution in [-0.2, 0) is 6.54 Å². The third kappa shape index (κ3) is 2.47. The summed E-state index contributed by atoms with van der Waals surface area (Å²) in [4.78, 5) is 0. The van der Waals surface area contributed by atoms with Crippen LogP contribution in [0.2, 0.25) is 0 Å². The van der Waals surface area contributed by atoms with E-state index in [2.05, 4.69) is 5.32 Å². The maximum Gasteiger partial charge on any atom is 0.231 e. The van der Waals surface area contributed by atoms with E-state index in [1.165, 1.54) is 0 Å². The van der Waals surface area contributed by atoms with Gasteiger partial charge >= 0.3 is 0 Å². The van der Waals surface area contributed by atoms with E-state index < -0.39 is 5.83 Å². The molecule has 0 radical (unpaired) electrons. The van der Waals surface area contributed by atoms with Crippen molar-refractivity contribution in [1.29, 1.82) is 5.41 Å². The molecule has 90 valence electrons. The highest BCUT2D eigenvalue weighted by Crippen LogP contribution is 2.32. The van der Waals surface area contributed by atoms with E-state index >= 15 is 0 Å². The summed E-state index contributed by atoms with van der Waals surface area (Å²) in [6.07, 6.45) is 0.558. The second kappa shape index (κ2) is 4.73. The van der Waals surface area contributed by atoms with Gasteiger partial charge in [0.15, 0.2) is 17.3 Å². The van der Waals surface area contributed by atoms with Crippen LogP contribution >= 0.6 is 0 Å². The number of rotatable bonds is 4. The fourth-order valence-corrected chi connectivity index (χ4v) is 1.41. The van der Waals surface area contributed by atoms with Gasteiger partial charge in [-0.25, -0.2) is 4.39 Å². The third-order valence-corrected chi connectivity index (χ3v) is 2.30. The van der Waals surface area contributed by atoms with E-state index in [-0.39, 0.29) is 12.6 Å². The number of benzene rings is 1. The molecule has 1 aliphatic heterocycles. The normalized spacial score (nSPS) is 14.2. The fourth-order valence-electron chi connectivity index (χ4n) is 1.41. The average Bonchev–Trinajstić information content (AvgIpc) is 2.82. The molecule has 1 aliphatic rings. The molecule has 0 aromatic heterocycles. The molecule has 0 saturated carbocycles. The molecule has 0 saturated heterocycles. The highest BCUT2D eigenvalue weighted by atomic mass is 19.1. The zero-order chi connectivity index (χ0) is 12.3. The molecule has 0 amide bonds. The predicted molar refractivity (Wildman–Crippen MR) is 60.5 cm³/mol. The first-order chi connectivity index (χ1) is 8.20. The molecule has 0 unspecified atom stereocenters. The summed E-state index contributed by atoms with van der Waals surface area (Å²) in [5.74, 6) is 0.422. The van der Waals surface area contributed by atoms with Gasteiger partial charge in [0.1, 0.15) is 5.82 Å². The standard InChI is InChI=1S/C11H12FN3O2/c12-8(4-13)11(14)15-5-7-1-2-9-10(3-7)17-6-16-9/h1-4,13,15H,5-6,14H2/b11-8-,13-4?. The Morgan fingerprint density at radius 3 is 3.00 bits per heavy atom. The Morgan fingerprint density at radius 1 is 1.47 bits per heavy atom. The average molecular weight is 237 g/mol. The first-order valence-electron chi connectivity index (χ1n) is 4.99. The highest BCUT2D eigenvalue weighted by molar-refractivity contribution is 5.73. The predicted octanol–water partition coefficient (Wildman–Crippen LogP) is 1.25. The van der Waals surface area contributed by atoms with Gasteiger partial charge in [-0.15, -0.1) is 0 Å². The van der Waals surface area contributed by atoms with E-state index in [1.807, 2.05) is 6.07 Å². The van der Waals surface area contributed by atoms with Crippen LogP contribution in [0.15, 0.2) is 29.8 Å². The van der Waals surface area contributed by atoms with Crippen molar-refractivity contribution in [3.63, 3.8) is 0 Å². The van der Waals surface area contributed by atoms with Gasteiger partial charge in [-0.1, -0.05) is 6.07 Å². The minimum atomic E-state index is -0.786. The quantitative estimate of drug-likeness (QED) is 0.688. The molecule has 0 fully saturated rings. The summed E-state index contributed by atoms with van der Waals surface area (Å²) in [6, 6.07) is 5.41. The van der Waals surface area contributed by atoms with Crippen molar-refractivity contribution in [1.82, 2.24) is 5.32 Å². The van der Waals surface area contributed by atoms with E-state index in [9.17, 15) is 4.39 Å². The monoisotopic (exact) mass is 237 g/mol. The van der Waals surface area contributed by atoms with Gasteiger partial charge in [-0.05, 0) is 17.7 Å². The van der Waals surface area contributed by atoms with E-state index in [0.717, 1.165) is 5.56 Å². The zero-order valence-corrected chi connectivity index (χ0v) is 9.00. The summed E-state index contributed by atoms with van der Waals surface area (Å²) < 4.78 is 23.2. The molecule has 0 bridgehead atoms. The summed E-state index contributed by atoms with van der Waals surface area (Å²) >= 11 is 0. The largest absolute Gasteiger partial charge is 0.454 e. The molecule has 17 heavy (non-hydrogen) atoms. The van der Waals surface area contributed by atoms with E-state index in [4.69, 9.17) is 20.6 Å². The molecule has 1 aromatic carbocycles. The van der Waals surface area contributed by atoms with Gasteiger partial charge in [0.05, 0.1) is 6.21 Å². The number of halogens is 1. The third-order valence-electron chi connectivity index (χ3n) is 2.30. The van der Waals surface area contributed by atoms with Gasteiger partial charge in [0.2, 0.25) is 6.79 Å². The smallest absolute Gasteiger partial charge is 0.231 e. The van der Waals surface area contributed by atoms with Gasteiger partial charge in [0.25, 0.3) is 0 Å². The number of hydrogen-bond acceptors (Lipinski definition) is 5. The van der Waals surface area contributed by atoms with Crippen molar-refractivity contribution in [2.45, 2.75) is 6.54 Å². The van der Waals surface area contributed by atoms with Crippen LogP contribution in [0, 0.1) is 5.41 Å². The van der Waals surface area contributed by atoms with Crippen LogP contribution in [0.25, 0.3) is 0 Å². The van der Waals surface area contributed by atoms with Crippen molar-refractivity contribution in [3.05, 3.63) is 35.4 Å². The zero-order valence-electron chi connectivity index (χ0n) is 9.00. The number of ether oxygens (including phenoxy) is 2. The lowest BCUT2D eigenvalue weighted by molar-refractivity contribution is 0.174. The first-order valence-corrected chi connectivity index (χ1v) is 4.99. The Labute approximate surface area is 97.5 Å². The molecule has 0 spiro atoms. The van der Waals surface area contributed by atoms with Crippen LogP contribution in [0.5, 0.6) is 11.5 Å². The molecule has 0 atom stereocenters. The Hall–Kier alpha value is -2.24. The van der Waals surface area contributed by atoms with Crippen LogP contribution in [-0.4, -0.2) is 13.0 Å². The van der Waals surface area contributed by atoms with Gasteiger partial charge in [0, 0.05) is 6.54 Å².